The molecule has 10 nitrogen and oxygen atoms in total. The van der Waals surface area contributed by atoms with Gasteiger partial charge in [0.2, 0.25) is 5.75 Å². The maximum atomic E-state index is 13.7. The number of hydrogen-bond acceptors (Lipinski definition) is 11. The molecule has 1 amide bonds. The van der Waals surface area contributed by atoms with Crippen molar-refractivity contribution >= 4 is 55.5 Å². The van der Waals surface area contributed by atoms with Gasteiger partial charge in [-0.2, -0.15) is 5.26 Å². The van der Waals surface area contributed by atoms with E-state index >= 15 is 0 Å². The standard InChI is InChI=1S/C32H28N4O6S2/c1-6-42-32(38)27-16(2)20(15-33)30(43-27)36-29(37)28-25(34)24-19(18-12-22(39-3)26(41-5)23(13-18)40-4)14-21(35-31(24)44-28)17-10-8-7-9-11-17/h7-14H,6,34H2,1-5H3,(H,36,37). The van der Waals surface area contributed by atoms with Crippen molar-refractivity contribution in [2.24, 2.45) is 0 Å². The van der Waals surface area contributed by atoms with Gasteiger partial charge in [-0.25, -0.2) is 9.78 Å². The van der Waals surface area contributed by atoms with E-state index in [1.165, 1.54) is 21.3 Å². The Bertz CT molecular complexity index is 1920. The molecule has 0 aliphatic carbocycles. The predicted molar refractivity (Wildman–Crippen MR) is 172 cm³/mol. The monoisotopic (exact) mass is 628 g/mol. The summed E-state index contributed by atoms with van der Waals surface area (Å²) in [5.74, 6) is 0.257. The number of hydrogen-bond donors (Lipinski definition) is 2. The number of nitrogen functional groups attached to an aromatic ring is 1. The van der Waals surface area contributed by atoms with E-state index in [4.69, 9.17) is 29.7 Å². The topological polar surface area (TPSA) is 146 Å². The van der Waals surface area contributed by atoms with Crippen molar-refractivity contribution in [1.29, 1.82) is 5.26 Å². The Morgan fingerprint density at radius 1 is 0.977 bits per heavy atom. The van der Waals surface area contributed by atoms with E-state index in [1.54, 1.807) is 13.8 Å². The molecule has 0 bridgehead atoms. The number of nitrogens with zero attached hydrogens (tertiary/aromatic N) is 2. The fourth-order valence-electron chi connectivity index (χ4n) is 4.80. The number of methoxy groups -OCH3 is 3. The average Bonchev–Trinajstić information content (AvgIpc) is 3.55. The number of nitrogens with one attached hydrogen (secondary N) is 1. The molecule has 224 valence electrons. The third-order valence-corrected chi connectivity index (χ3v) is 9.18. The Hall–Kier alpha value is -5.12. The van der Waals surface area contributed by atoms with Crippen LogP contribution in [-0.4, -0.2) is 44.8 Å². The van der Waals surface area contributed by atoms with E-state index in [9.17, 15) is 14.9 Å². The van der Waals surface area contributed by atoms with Crippen LogP contribution in [0.1, 0.15) is 37.4 Å². The van der Waals surface area contributed by atoms with Crippen molar-refractivity contribution in [3.05, 3.63) is 69.4 Å². The Morgan fingerprint density at radius 2 is 1.66 bits per heavy atom. The highest BCUT2D eigenvalue weighted by atomic mass is 32.1. The number of anilines is 2. The SMILES string of the molecule is CCOC(=O)c1sc(NC(=O)c2sc3nc(-c4ccccc4)cc(-c4cc(OC)c(OC)c(OC)c4)c3c2N)c(C#N)c1C. The number of amides is 1. The third kappa shape index (κ3) is 5.39. The number of aromatic nitrogens is 1. The second kappa shape index (κ2) is 12.6. The molecular formula is C32H28N4O6S2. The summed E-state index contributed by atoms with van der Waals surface area (Å²) in [4.78, 5) is 32.0. The number of carbonyl (C=O) groups is 2. The number of thiophene rings is 2. The van der Waals surface area contributed by atoms with Crippen molar-refractivity contribution in [3.63, 3.8) is 0 Å². The molecule has 0 radical (unpaired) electrons. The van der Waals surface area contributed by atoms with E-state index in [0.717, 1.165) is 28.2 Å². The summed E-state index contributed by atoms with van der Waals surface area (Å²) in [6.07, 6.45) is 0. The Labute approximate surface area is 261 Å². The minimum absolute atomic E-state index is 0.185. The van der Waals surface area contributed by atoms with Crippen LogP contribution in [0.5, 0.6) is 17.2 Å². The minimum atomic E-state index is -0.555. The van der Waals surface area contributed by atoms with Crippen molar-refractivity contribution in [2.45, 2.75) is 13.8 Å². The van der Waals surface area contributed by atoms with Crippen LogP contribution in [-0.2, 0) is 4.74 Å². The van der Waals surface area contributed by atoms with Gasteiger partial charge in [-0.3, -0.25) is 4.79 Å². The molecule has 44 heavy (non-hydrogen) atoms. The highest BCUT2D eigenvalue weighted by Gasteiger charge is 2.26. The first kappa shape index (κ1) is 30.3. The van der Waals surface area contributed by atoms with E-state index in [0.29, 0.717) is 49.8 Å². The lowest BCUT2D eigenvalue weighted by atomic mass is 9.98. The van der Waals surface area contributed by atoms with Gasteiger partial charge in [0.05, 0.1) is 44.9 Å². The maximum absolute atomic E-state index is 13.7. The fourth-order valence-corrected chi connectivity index (χ4v) is 6.86. The molecule has 3 aromatic heterocycles. The van der Waals surface area contributed by atoms with Crippen molar-refractivity contribution < 1.29 is 28.5 Å². The molecule has 5 rings (SSSR count). The molecule has 0 atom stereocenters. The molecular weight excluding hydrogens is 601 g/mol. The number of ether oxygens (including phenoxy) is 4. The van der Waals surface area contributed by atoms with Crippen LogP contribution < -0.4 is 25.3 Å². The number of benzene rings is 2. The molecule has 0 unspecified atom stereocenters. The first-order chi connectivity index (χ1) is 21.3. The summed E-state index contributed by atoms with van der Waals surface area (Å²) in [6, 6.07) is 17.3. The largest absolute Gasteiger partial charge is 0.493 e. The molecule has 0 aliphatic heterocycles. The van der Waals surface area contributed by atoms with Crippen molar-refractivity contribution in [2.75, 3.05) is 39.0 Å². The smallest absolute Gasteiger partial charge is 0.348 e. The van der Waals surface area contributed by atoms with Gasteiger partial charge in [-0.05, 0) is 48.7 Å². The summed E-state index contributed by atoms with van der Waals surface area (Å²) in [5.41, 5.74) is 10.5. The normalized spacial score (nSPS) is 10.7. The number of nitrogens with two attached hydrogens (primary N) is 1. The second-order valence-electron chi connectivity index (χ2n) is 9.41. The molecule has 3 heterocycles. The van der Waals surface area contributed by atoms with Crippen LogP contribution in [0.2, 0.25) is 0 Å². The second-order valence-corrected chi connectivity index (χ2v) is 11.4. The highest BCUT2D eigenvalue weighted by molar-refractivity contribution is 7.22. The fraction of sp³-hybridized carbons (Fsp3) is 0.188. The minimum Gasteiger partial charge on any atom is -0.493 e. The summed E-state index contributed by atoms with van der Waals surface area (Å²) < 4.78 is 21.8. The van der Waals surface area contributed by atoms with E-state index < -0.39 is 11.9 Å². The van der Waals surface area contributed by atoms with Crippen LogP contribution >= 0.6 is 22.7 Å². The lowest BCUT2D eigenvalue weighted by Crippen LogP contribution is -2.11. The van der Waals surface area contributed by atoms with Gasteiger partial charge in [0, 0.05) is 10.9 Å². The van der Waals surface area contributed by atoms with E-state index in [1.807, 2.05) is 48.5 Å². The third-order valence-electron chi connectivity index (χ3n) is 6.90. The maximum Gasteiger partial charge on any atom is 0.348 e. The first-order valence-electron chi connectivity index (χ1n) is 13.4. The Kier molecular flexibility index (Phi) is 8.71. The lowest BCUT2D eigenvalue weighted by molar-refractivity contribution is 0.0531. The average molecular weight is 629 g/mol. The zero-order valence-corrected chi connectivity index (χ0v) is 26.2. The molecule has 0 saturated carbocycles. The Morgan fingerprint density at radius 3 is 2.25 bits per heavy atom. The Balaban J connectivity index is 1.68. The number of nitriles is 1. The highest BCUT2D eigenvalue weighted by Crippen LogP contribution is 2.46. The van der Waals surface area contributed by atoms with Gasteiger partial charge in [0.25, 0.3) is 5.91 Å². The molecule has 12 heteroatoms. The molecule has 0 spiro atoms. The van der Waals surface area contributed by atoms with Crippen LogP contribution in [0.3, 0.4) is 0 Å². The van der Waals surface area contributed by atoms with Crippen molar-refractivity contribution in [1.82, 2.24) is 4.98 Å². The number of esters is 1. The van der Waals surface area contributed by atoms with E-state index in [2.05, 4.69) is 11.4 Å². The molecule has 5 aromatic rings. The molecule has 0 saturated heterocycles. The van der Waals surface area contributed by atoms with Crippen LogP contribution in [0.25, 0.3) is 32.6 Å². The summed E-state index contributed by atoms with van der Waals surface area (Å²) in [5, 5.41) is 13.4. The van der Waals surface area contributed by atoms with Gasteiger partial charge in [-0.15, -0.1) is 22.7 Å². The molecule has 0 aliphatic rings. The van der Waals surface area contributed by atoms with Crippen molar-refractivity contribution in [3.8, 4) is 45.7 Å². The van der Waals surface area contributed by atoms with Gasteiger partial charge in [0.15, 0.2) is 11.5 Å². The van der Waals surface area contributed by atoms with Gasteiger partial charge >= 0.3 is 5.97 Å². The zero-order chi connectivity index (χ0) is 31.5. The van der Waals surface area contributed by atoms with Crippen LogP contribution in [0, 0.1) is 18.3 Å². The number of fused-ring (bicyclic) bond motifs is 1. The number of carbonyl (C=O) groups excluding carboxylic acids is 2. The summed E-state index contributed by atoms with van der Waals surface area (Å²) in [7, 11) is 4.60. The summed E-state index contributed by atoms with van der Waals surface area (Å²) in [6.45, 7) is 3.52. The van der Waals surface area contributed by atoms with Gasteiger partial charge < -0.3 is 30.0 Å². The molecule has 2 aromatic carbocycles. The summed E-state index contributed by atoms with van der Waals surface area (Å²) >= 11 is 2.12. The number of pyridine rings is 1. The van der Waals surface area contributed by atoms with Crippen LogP contribution in [0.4, 0.5) is 10.7 Å². The van der Waals surface area contributed by atoms with Gasteiger partial charge in [0.1, 0.15) is 25.7 Å². The molecule has 0 fully saturated rings. The van der Waals surface area contributed by atoms with Gasteiger partial charge in [-0.1, -0.05) is 30.3 Å². The first-order valence-corrected chi connectivity index (χ1v) is 15.0. The zero-order valence-electron chi connectivity index (χ0n) is 24.6. The quantitative estimate of drug-likeness (QED) is 0.166. The van der Waals surface area contributed by atoms with Crippen LogP contribution in [0.15, 0.2) is 48.5 Å². The lowest BCUT2D eigenvalue weighted by Gasteiger charge is -2.15. The van der Waals surface area contributed by atoms with E-state index in [-0.39, 0.29) is 32.6 Å². The molecule has 3 N–H and O–H groups in total. The predicted octanol–water partition coefficient (Wildman–Crippen LogP) is 6.91. The number of rotatable bonds is 9.